The van der Waals surface area contributed by atoms with Gasteiger partial charge in [-0.1, -0.05) is 31.9 Å². The Kier molecular flexibility index (Phi) is 9.77. The maximum Gasteiger partial charge on any atom is 0.374 e. The van der Waals surface area contributed by atoms with Crippen molar-refractivity contribution in [2.75, 3.05) is 26.1 Å². The zero-order valence-electron chi connectivity index (χ0n) is 18.4. The van der Waals surface area contributed by atoms with Crippen molar-refractivity contribution in [3.8, 4) is 11.5 Å². The number of ether oxygens (including phenoxy) is 4. The van der Waals surface area contributed by atoms with E-state index in [0.717, 1.165) is 32.4 Å². The van der Waals surface area contributed by atoms with Crippen molar-refractivity contribution in [2.24, 2.45) is 0 Å². The lowest BCUT2D eigenvalue weighted by atomic mass is 10.2. The minimum atomic E-state index is -0.869. The predicted molar refractivity (Wildman–Crippen MR) is 119 cm³/mol. The first-order valence-corrected chi connectivity index (χ1v) is 10.2. The largest absolute Gasteiger partial charge is 0.494 e. The molecule has 2 rings (SSSR count). The van der Waals surface area contributed by atoms with Gasteiger partial charge in [0, 0.05) is 5.56 Å². The molecule has 0 fully saturated rings. The third-order valence-electron chi connectivity index (χ3n) is 4.33. The fraction of sp³-hybridized carbons (Fsp3) is 0.292. The van der Waals surface area contributed by atoms with Crippen LogP contribution in [0.2, 0.25) is 0 Å². The highest BCUT2D eigenvalue weighted by Gasteiger charge is 2.18. The van der Waals surface area contributed by atoms with E-state index in [0.29, 0.717) is 23.6 Å². The van der Waals surface area contributed by atoms with E-state index in [2.05, 4.69) is 21.7 Å². The molecule has 0 saturated carbocycles. The number of carbonyl (C=O) groups excluding carboxylic acids is 3. The Morgan fingerprint density at radius 1 is 0.938 bits per heavy atom. The van der Waals surface area contributed by atoms with Crippen molar-refractivity contribution in [1.82, 2.24) is 0 Å². The van der Waals surface area contributed by atoms with Gasteiger partial charge < -0.3 is 24.3 Å². The molecule has 2 aromatic rings. The maximum absolute atomic E-state index is 12.7. The Bertz CT molecular complexity index is 951. The minimum Gasteiger partial charge on any atom is -0.494 e. The van der Waals surface area contributed by atoms with Crippen molar-refractivity contribution >= 4 is 23.5 Å². The average molecular weight is 441 g/mol. The number of hydrogen-bond acceptors (Lipinski definition) is 7. The molecule has 0 spiro atoms. The van der Waals surface area contributed by atoms with Crippen molar-refractivity contribution in [3.63, 3.8) is 0 Å². The van der Waals surface area contributed by atoms with E-state index < -0.39 is 11.9 Å². The normalized spacial score (nSPS) is 10.8. The molecule has 0 heterocycles. The number of carbonyl (C=O) groups is 3. The number of hydrogen-bond donors (Lipinski definition) is 1. The minimum absolute atomic E-state index is 0.150. The summed E-state index contributed by atoms with van der Waals surface area (Å²) in [4.78, 5) is 36.2. The van der Waals surface area contributed by atoms with Crippen molar-refractivity contribution < 1.29 is 33.3 Å². The Labute approximate surface area is 187 Å². The first kappa shape index (κ1) is 24.5. The van der Waals surface area contributed by atoms with Crippen LogP contribution in [0.4, 0.5) is 5.69 Å². The number of rotatable bonds is 11. The van der Waals surface area contributed by atoms with E-state index in [4.69, 9.17) is 9.47 Å². The van der Waals surface area contributed by atoms with Gasteiger partial charge in [0.25, 0.3) is 5.91 Å². The quantitative estimate of drug-likeness (QED) is 0.242. The van der Waals surface area contributed by atoms with E-state index >= 15 is 0 Å². The highest BCUT2D eigenvalue weighted by atomic mass is 16.6. The Hall–Kier alpha value is -3.81. The van der Waals surface area contributed by atoms with Crippen molar-refractivity contribution in [1.29, 1.82) is 0 Å². The predicted octanol–water partition coefficient (Wildman–Crippen LogP) is 4.12. The van der Waals surface area contributed by atoms with Crippen LogP contribution >= 0.6 is 0 Å². The molecule has 0 aromatic heterocycles. The molecular formula is C24H27NO7. The summed E-state index contributed by atoms with van der Waals surface area (Å²) in [5, 5.41) is 2.74. The SMILES string of the molecule is CCCCCOc1ccc(C(=O)Nc2ccccc2O/C(=C/C(=O)OC)C(=O)OC)cc1. The lowest BCUT2D eigenvalue weighted by molar-refractivity contribution is -0.140. The van der Waals surface area contributed by atoms with Crippen LogP contribution in [-0.4, -0.2) is 38.7 Å². The molecule has 170 valence electrons. The van der Waals surface area contributed by atoms with Gasteiger partial charge in [0.1, 0.15) is 5.75 Å². The highest BCUT2D eigenvalue weighted by Crippen LogP contribution is 2.27. The highest BCUT2D eigenvalue weighted by molar-refractivity contribution is 6.05. The number of amides is 1. The Morgan fingerprint density at radius 2 is 1.66 bits per heavy atom. The number of methoxy groups -OCH3 is 2. The Balaban J connectivity index is 2.11. The monoisotopic (exact) mass is 441 g/mol. The first-order valence-electron chi connectivity index (χ1n) is 10.2. The smallest absolute Gasteiger partial charge is 0.374 e. The molecule has 0 aliphatic carbocycles. The fourth-order valence-electron chi connectivity index (χ4n) is 2.61. The van der Waals surface area contributed by atoms with E-state index in [1.54, 1.807) is 42.5 Å². The molecule has 0 saturated heterocycles. The molecule has 0 aliphatic rings. The first-order chi connectivity index (χ1) is 15.5. The molecule has 1 amide bonds. The van der Waals surface area contributed by atoms with E-state index in [1.165, 1.54) is 13.2 Å². The van der Waals surface area contributed by atoms with Crippen molar-refractivity contribution in [2.45, 2.75) is 26.2 Å². The molecular weight excluding hydrogens is 414 g/mol. The molecule has 1 N–H and O–H groups in total. The standard InChI is InChI=1S/C24H27NO7/c1-4-5-8-15-31-18-13-11-17(12-14-18)23(27)25-19-9-6-7-10-20(19)32-21(24(28)30-3)16-22(26)29-2/h6-7,9-14,16H,4-5,8,15H2,1-3H3,(H,25,27)/b21-16+. The fourth-order valence-corrected chi connectivity index (χ4v) is 2.61. The van der Waals surface area contributed by atoms with Gasteiger partial charge in [0.15, 0.2) is 5.75 Å². The zero-order valence-corrected chi connectivity index (χ0v) is 18.4. The second-order valence-electron chi connectivity index (χ2n) is 6.66. The van der Waals surface area contributed by atoms with Gasteiger partial charge in [-0.05, 0) is 42.8 Å². The zero-order chi connectivity index (χ0) is 23.3. The topological polar surface area (TPSA) is 100 Å². The molecule has 0 bridgehead atoms. The summed E-state index contributed by atoms with van der Waals surface area (Å²) in [6.07, 6.45) is 4.07. The third kappa shape index (κ3) is 7.46. The molecule has 0 radical (unpaired) electrons. The Morgan fingerprint density at radius 3 is 2.31 bits per heavy atom. The molecule has 0 aliphatic heterocycles. The molecule has 8 nitrogen and oxygen atoms in total. The molecule has 2 aromatic carbocycles. The van der Waals surface area contributed by atoms with E-state index in [1.807, 2.05) is 0 Å². The summed E-state index contributed by atoms with van der Waals surface area (Å²) in [6.45, 7) is 2.76. The number of para-hydroxylation sites is 2. The average Bonchev–Trinajstić information content (AvgIpc) is 2.82. The van der Waals surface area contributed by atoms with Crippen LogP contribution in [0.25, 0.3) is 0 Å². The number of unbranched alkanes of at least 4 members (excludes halogenated alkanes) is 2. The molecule has 0 atom stereocenters. The van der Waals surface area contributed by atoms with Gasteiger partial charge in [-0.2, -0.15) is 0 Å². The van der Waals surface area contributed by atoms with Crippen LogP contribution in [0, 0.1) is 0 Å². The van der Waals surface area contributed by atoms with E-state index in [9.17, 15) is 14.4 Å². The maximum atomic E-state index is 12.7. The van der Waals surface area contributed by atoms with Crippen LogP contribution in [0.5, 0.6) is 11.5 Å². The summed E-state index contributed by atoms with van der Waals surface area (Å²) in [6, 6.07) is 13.3. The van der Waals surface area contributed by atoms with Crippen LogP contribution in [0.3, 0.4) is 0 Å². The van der Waals surface area contributed by atoms with Gasteiger partial charge in [-0.15, -0.1) is 0 Å². The summed E-state index contributed by atoms with van der Waals surface area (Å²) >= 11 is 0. The lowest BCUT2D eigenvalue weighted by Gasteiger charge is -2.13. The van der Waals surface area contributed by atoms with Gasteiger partial charge in [-0.3, -0.25) is 4.79 Å². The molecule has 8 heteroatoms. The van der Waals surface area contributed by atoms with Gasteiger partial charge in [0.2, 0.25) is 5.76 Å². The van der Waals surface area contributed by atoms with Gasteiger partial charge >= 0.3 is 11.9 Å². The van der Waals surface area contributed by atoms with E-state index in [-0.39, 0.29) is 17.4 Å². The number of nitrogens with one attached hydrogen (secondary N) is 1. The van der Waals surface area contributed by atoms with Crippen LogP contribution in [0.1, 0.15) is 36.5 Å². The molecule has 32 heavy (non-hydrogen) atoms. The number of anilines is 1. The van der Waals surface area contributed by atoms with Crippen molar-refractivity contribution in [3.05, 3.63) is 65.9 Å². The third-order valence-corrected chi connectivity index (χ3v) is 4.33. The molecule has 0 unspecified atom stereocenters. The number of esters is 2. The summed E-state index contributed by atoms with van der Waals surface area (Å²) in [5.41, 5.74) is 0.719. The van der Waals surface area contributed by atoms with Crippen LogP contribution in [-0.2, 0) is 19.1 Å². The summed E-state index contributed by atoms with van der Waals surface area (Å²) in [5.74, 6) is -1.58. The second-order valence-corrected chi connectivity index (χ2v) is 6.66. The van der Waals surface area contributed by atoms with Crippen LogP contribution < -0.4 is 14.8 Å². The second kappa shape index (κ2) is 12.8. The number of benzene rings is 2. The summed E-state index contributed by atoms with van der Waals surface area (Å²) < 4.78 is 20.4. The van der Waals surface area contributed by atoms with Gasteiger partial charge in [0.05, 0.1) is 32.6 Å². The summed E-state index contributed by atoms with van der Waals surface area (Å²) in [7, 11) is 2.32. The van der Waals surface area contributed by atoms with Crippen LogP contribution in [0.15, 0.2) is 60.4 Å². The lowest BCUT2D eigenvalue weighted by Crippen LogP contribution is -2.16. The van der Waals surface area contributed by atoms with Gasteiger partial charge in [-0.25, -0.2) is 9.59 Å².